The number of nitrogen functional groups attached to an aromatic ring is 1. The number of imidazole rings is 1. The van der Waals surface area contributed by atoms with Gasteiger partial charge in [-0.1, -0.05) is 0 Å². The van der Waals surface area contributed by atoms with Crippen LogP contribution in [0.3, 0.4) is 0 Å². The fourth-order valence-electron chi connectivity index (χ4n) is 2.28. The Balaban J connectivity index is 2.10. The first-order valence-corrected chi connectivity index (χ1v) is 5.57. The molecule has 1 saturated heterocycles. The standard InChI is InChI=1S/C9H14BN5O/c10-9-12-6-7(11)13-14-8(6)15(9)5-3-1-2-4-16-5/h5H,1-4,10H2,(H3,11,13,14). The van der Waals surface area contributed by atoms with Gasteiger partial charge in [0.25, 0.3) is 0 Å². The van der Waals surface area contributed by atoms with Crippen LogP contribution in [-0.2, 0) is 4.74 Å². The predicted octanol–water partition coefficient (Wildman–Crippen LogP) is -0.701. The zero-order valence-electron chi connectivity index (χ0n) is 9.23. The topological polar surface area (TPSA) is 81.8 Å². The summed E-state index contributed by atoms with van der Waals surface area (Å²) in [5, 5.41) is 6.89. The predicted molar refractivity (Wildman–Crippen MR) is 63.3 cm³/mol. The Labute approximate surface area is 93.6 Å². The van der Waals surface area contributed by atoms with Crippen molar-refractivity contribution in [2.45, 2.75) is 25.5 Å². The molecule has 0 aromatic carbocycles. The summed E-state index contributed by atoms with van der Waals surface area (Å²) >= 11 is 0. The van der Waals surface area contributed by atoms with E-state index in [1.165, 1.54) is 6.42 Å². The average molecular weight is 219 g/mol. The Kier molecular flexibility index (Phi) is 2.13. The smallest absolute Gasteiger partial charge is 0.186 e. The number of hydrogen-bond acceptors (Lipinski definition) is 4. The van der Waals surface area contributed by atoms with Crippen LogP contribution >= 0.6 is 0 Å². The number of nitrogens with two attached hydrogens (primary N) is 1. The SMILES string of the molecule is Bc1nc2c(N)n[nH]c2n1C1CCCCO1. The summed E-state index contributed by atoms with van der Waals surface area (Å²) in [5.41, 5.74) is 8.25. The van der Waals surface area contributed by atoms with Gasteiger partial charge >= 0.3 is 0 Å². The van der Waals surface area contributed by atoms with Gasteiger partial charge in [-0.05, 0) is 19.3 Å². The van der Waals surface area contributed by atoms with Crippen molar-refractivity contribution in [1.29, 1.82) is 0 Å². The number of fused-ring (bicyclic) bond motifs is 1. The van der Waals surface area contributed by atoms with Crippen molar-refractivity contribution in [2.24, 2.45) is 0 Å². The Morgan fingerprint density at radius 1 is 1.50 bits per heavy atom. The zero-order chi connectivity index (χ0) is 11.1. The number of rotatable bonds is 1. The van der Waals surface area contributed by atoms with E-state index < -0.39 is 0 Å². The van der Waals surface area contributed by atoms with E-state index in [1.54, 1.807) is 0 Å². The number of nitrogens with zero attached hydrogens (tertiary/aromatic N) is 3. The first kappa shape index (κ1) is 9.71. The van der Waals surface area contributed by atoms with Crippen LogP contribution in [0.5, 0.6) is 0 Å². The molecular formula is C9H14BN5O. The lowest BCUT2D eigenvalue weighted by Gasteiger charge is -2.25. The van der Waals surface area contributed by atoms with E-state index in [4.69, 9.17) is 10.5 Å². The van der Waals surface area contributed by atoms with Gasteiger partial charge in [0.1, 0.15) is 6.23 Å². The maximum absolute atomic E-state index is 5.75. The molecule has 1 atom stereocenters. The Morgan fingerprint density at radius 2 is 2.38 bits per heavy atom. The minimum Gasteiger partial charge on any atom is -0.380 e. The van der Waals surface area contributed by atoms with Crippen molar-refractivity contribution in [2.75, 3.05) is 12.3 Å². The highest BCUT2D eigenvalue weighted by Crippen LogP contribution is 2.25. The van der Waals surface area contributed by atoms with Gasteiger partial charge < -0.3 is 10.5 Å². The molecule has 3 rings (SSSR count). The molecule has 2 aromatic rings. The molecule has 0 spiro atoms. The van der Waals surface area contributed by atoms with E-state index in [-0.39, 0.29) is 6.23 Å². The quantitative estimate of drug-likeness (QED) is 0.621. The van der Waals surface area contributed by atoms with Crippen LogP contribution in [0.4, 0.5) is 5.82 Å². The molecule has 0 aliphatic carbocycles. The molecule has 84 valence electrons. The van der Waals surface area contributed by atoms with Crippen LogP contribution in [0.2, 0.25) is 0 Å². The largest absolute Gasteiger partial charge is 0.380 e. The molecule has 3 N–H and O–H groups in total. The highest BCUT2D eigenvalue weighted by Gasteiger charge is 2.22. The molecule has 1 fully saturated rings. The monoisotopic (exact) mass is 219 g/mol. The molecule has 6 nitrogen and oxygen atoms in total. The number of aromatic amines is 1. The number of ether oxygens (including phenoxy) is 1. The Bertz CT molecular complexity index is 513. The molecule has 0 radical (unpaired) electrons. The number of H-pyrrole nitrogens is 1. The summed E-state index contributed by atoms with van der Waals surface area (Å²) in [6.45, 7) is 0.813. The maximum atomic E-state index is 5.75. The second-order valence-electron chi connectivity index (χ2n) is 4.16. The van der Waals surface area contributed by atoms with Gasteiger partial charge in [0, 0.05) is 6.61 Å². The van der Waals surface area contributed by atoms with Gasteiger partial charge in [-0.25, -0.2) is 4.98 Å². The van der Waals surface area contributed by atoms with E-state index in [0.29, 0.717) is 5.82 Å². The van der Waals surface area contributed by atoms with Crippen molar-refractivity contribution >= 4 is 30.6 Å². The van der Waals surface area contributed by atoms with E-state index >= 15 is 0 Å². The highest BCUT2D eigenvalue weighted by atomic mass is 16.5. The molecule has 1 aliphatic rings. The first-order valence-electron chi connectivity index (χ1n) is 5.57. The zero-order valence-corrected chi connectivity index (χ0v) is 9.23. The summed E-state index contributed by atoms with van der Waals surface area (Å²) in [7, 11) is 1.96. The summed E-state index contributed by atoms with van der Waals surface area (Å²) in [4.78, 5) is 4.41. The van der Waals surface area contributed by atoms with Gasteiger partial charge in [-0.15, -0.1) is 0 Å². The third-order valence-corrected chi connectivity index (χ3v) is 3.06. The fraction of sp³-hybridized carbons (Fsp3) is 0.556. The van der Waals surface area contributed by atoms with Gasteiger partial charge in [0.2, 0.25) is 0 Å². The minimum absolute atomic E-state index is 0.0681. The lowest BCUT2D eigenvalue weighted by molar-refractivity contribution is -0.0279. The Morgan fingerprint density at radius 3 is 3.12 bits per heavy atom. The molecule has 2 aromatic heterocycles. The third kappa shape index (κ3) is 1.31. The van der Waals surface area contributed by atoms with Crippen LogP contribution in [-0.4, -0.2) is 34.2 Å². The van der Waals surface area contributed by atoms with Crippen LogP contribution in [0.1, 0.15) is 25.5 Å². The minimum atomic E-state index is 0.0681. The number of aromatic nitrogens is 4. The van der Waals surface area contributed by atoms with Crippen molar-refractivity contribution < 1.29 is 4.74 Å². The summed E-state index contributed by atoms with van der Waals surface area (Å²) in [6.07, 6.45) is 3.41. The molecule has 16 heavy (non-hydrogen) atoms. The molecule has 0 amide bonds. The normalized spacial score (nSPS) is 21.6. The summed E-state index contributed by atoms with van der Waals surface area (Å²) in [6, 6.07) is 0. The molecule has 1 unspecified atom stereocenters. The van der Waals surface area contributed by atoms with Crippen LogP contribution in [0, 0.1) is 0 Å². The van der Waals surface area contributed by atoms with Crippen molar-refractivity contribution in [3.05, 3.63) is 0 Å². The number of anilines is 1. The highest BCUT2D eigenvalue weighted by molar-refractivity contribution is 6.30. The lowest BCUT2D eigenvalue weighted by Crippen LogP contribution is -2.28. The second kappa shape index (κ2) is 3.52. The van der Waals surface area contributed by atoms with E-state index in [2.05, 4.69) is 19.7 Å². The lowest BCUT2D eigenvalue weighted by atomic mass is 10.1. The van der Waals surface area contributed by atoms with Crippen molar-refractivity contribution in [1.82, 2.24) is 19.7 Å². The van der Waals surface area contributed by atoms with E-state index in [1.807, 2.05) is 7.85 Å². The van der Waals surface area contributed by atoms with Crippen LogP contribution < -0.4 is 11.5 Å². The van der Waals surface area contributed by atoms with Crippen LogP contribution in [0.25, 0.3) is 11.2 Å². The number of hydrogen-bond donors (Lipinski definition) is 2. The maximum Gasteiger partial charge on any atom is 0.186 e. The summed E-state index contributed by atoms with van der Waals surface area (Å²) < 4.78 is 7.81. The molecule has 3 heterocycles. The van der Waals surface area contributed by atoms with Gasteiger partial charge in [0.05, 0.1) is 5.72 Å². The van der Waals surface area contributed by atoms with E-state index in [9.17, 15) is 0 Å². The molecule has 0 saturated carbocycles. The van der Waals surface area contributed by atoms with Gasteiger partial charge in [0.15, 0.2) is 24.8 Å². The molecule has 0 bridgehead atoms. The van der Waals surface area contributed by atoms with Gasteiger partial charge in [-0.2, -0.15) is 5.10 Å². The average Bonchev–Trinajstić information content (AvgIpc) is 2.80. The first-order chi connectivity index (χ1) is 7.77. The van der Waals surface area contributed by atoms with E-state index in [0.717, 1.165) is 36.3 Å². The third-order valence-electron chi connectivity index (χ3n) is 3.06. The molecule has 7 heteroatoms. The second-order valence-corrected chi connectivity index (χ2v) is 4.16. The Hall–Kier alpha value is -1.50. The molecule has 1 aliphatic heterocycles. The number of nitrogens with one attached hydrogen (secondary N) is 1. The fourth-order valence-corrected chi connectivity index (χ4v) is 2.28. The van der Waals surface area contributed by atoms with Gasteiger partial charge in [-0.3, -0.25) is 9.67 Å². The molecular weight excluding hydrogens is 205 g/mol. The summed E-state index contributed by atoms with van der Waals surface area (Å²) in [5.74, 6) is 0.452. The van der Waals surface area contributed by atoms with Crippen LogP contribution in [0.15, 0.2) is 0 Å². The van der Waals surface area contributed by atoms with Crippen molar-refractivity contribution in [3.8, 4) is 0 Å². The van der Waals surface area contributed by atoms with Crippen molar-refractivity contribution in [3.63, 3.8) is 0 Å².